The molecule has 20 heavy (non-hydrogen) atoms. The molecule has 1 aliphatic heterocycles. The van der Waals surface area contributed by atoms with Crippen molar-refractivity contribution in [1.29, 1.82) is 0 Å². The van der Waals surface area contributed by atoms with Crippen molar-refractivity contribution in [3.63, 3.8) is 0 Å². The summed E-state index contributed by atoms with van der Waals surface area (Å²) < 4.78 is 54.3. The standard InChI is InChI=1S/C11H15F3N2O4/c1-7-2-3-8(18-6-7)9-15-16-10(20-9)17-4-5-19-11(12,13)14/h7-8H,2-6H2,1H3/t7-,8+/m1/s1. The number of rotatable bonds is 5. The second kappa shape index (κ2) is 6.40. The normalized spacial score (nSPS) is 23.8. The van der Waals surface area contributed by atoms with E-state index in [1.54, 1.807) is 0 Å². The first-order valence-electron chi connectivity index (χ1n) is 6.22. The van der Waals surface area contributed by atoms with Gasteiger partial charge in [0.05, 0.1) is 13.2 Å². The highest BCUT2D eigenvalue weighted by Gasteiger charge is 2.29. The van der Waals surface area contributed by atoms with E-state index in [9.17, 15) is 13.2 Å². The molecule has 1 aromatic rings. The van der Waals surface area contributed by atoms with Crippen LogP contribution in [0.15, 0.2) is 4.42 Å². The quantitative estimate of drug-likeness (QED) is 0.778. The minimum absolute atomic E-state index is 0.187. The molecule has 0 bridgehead atoms. The highest BCUT2D eigenvalue weighted by Crippen LogP contribution is 2.30. The van der Waals surface area contributed by atoms with Crippen molar-refractivity contribution in [2.45, 2.75) is 32.2 Å². The number of aromatic nitrogens is 2. The lowest BCUT2D eigenvalue weighted by molar-refractivity contribution is -0.325. The first-order chi connectivity index (χ1) is 9.44. The van der Waals surface area contributed by atoms with Gasteiger partial charge in [-0.2, -0.15) is 0 Å². The molecule has 0 amide bonds. The van der Waals surface area contributed by atoms with Gasteiger partial charge < -0.3 is 13.9 Å². The van der Waals surface area contributed by atoms with Gasteiger partial charge in [0.15, 0.2) is 0 Å². The zero-order chi connectivity index (χ0) is 14.6. The van der Waals surface area contributed by atoms with Crippen LogP contribution in [-0.2, 0) is 9.47 Å². The summed E-state index contributed by atoms with van der Waals surface area (Å²) in [5.74, 6) is 0.771. The number of hydrogen-bond donors (Lipinski definition) is 0. The molecule has 9 heteroatoms. The van der Waals surface area contributed by atoms with Gasteiger partial charge in [-0.1, -0.05) is 12.0 Å². The van der Waals surface area contributed by atoms with Crippen LogP contribution in [0, 0.1) is 5.92 Å². The van der Waals surface area contributed by atoms with Crippen molar-refractivity contribution in [3.8, 4) is 6.08 Å². The third-order valence-electron chi connectivity index (χ3n) is 2.78. The molecule has 0 N–H and O–H groups in total. The summed E-state index contributed by atoms with van der Waals surface area (Å²) in [6.07, 6.45) is -3.38. The average molecular weight is 296 g/mol. The molecule has 2 atom stereocenters. The van der Waals surface area contributed by atoms with Crippen LogP contribution in [-0.4, -0.2) is 36.4 Å². The van der Waals surface area contributed by atoms with E-state index < -0.39 is 13.0 Å². The first kappa shape index (κ1) is 15.0. The highest BCUT2D eigenvalue weighted by atomic mass is 19.4. The fourth-order valence-corrected chi connectivity index (χ4v) is 1.77. The molecule has 1 saturated heterocycles. The first-order valence-corrected chi connectivity index (χ1v) is 6.22. The predicted molar refractivity (Wildman–Crippen MR) is 58.9 cm³/mol. The molecule has 1 fully saturated rings. The molecule has 0 saturated carbocycles. The predicted octanol–water partition coefficient (Wildman–Crippen LogP) is 2.47. The van der Waals surface area contributed by atoms with Gasteiger partial charge in [0, 0.05) is 0 Å². The summed E-state index contributed by atoms with van der Waals surface area (Å²) in [4.78, 5) is 0. The summed E-state index contributed by atoms with van der Waals surface area (Å²) in [6.45, 7) is 1.73. The zero-order valence-electron chi connectivity index (χ0n) is 10.9. The Bertz CT molecular complexity index is 416. The molecular weight excluding hydrogens is 281 g/mol. The molecule has 2 heterocycles. The number of ether oxygens (including phenoxy) is 3. The Labute approximate surface area is 113 Å². The maximum atomic E-state index is 11.7. The largest absolute Gasteiger partial charge is 0.522 e. The molecule has 2 rings (SSSR count). The van der Waals surface area contributed by atoms with Gasteiger partial charge in [0.1, 0.15) is 12.7 Å². The minimum Gasteiger partial charge on any atom is -0.447 e. The van der Waals surface area contributed by atoms with E-state index in [2.05, 4.69) is 21.9 Å². The van der Waals surface area contributed by atoms with E-state index in [1.807, 2.05) is 0 Å². The molecule has 1 aliphatic rings. The van der Waals surface area contributed by atoms with Gasteiger partial charge in [-0.3, -0.25) is 4.74 Å². The van der Waals surface area contributed by atoms with Crippen molar-refractivity contribution in [1.82, 2.24) is 10.2 Å². The second-order valence-corrected chi connectivity index (χ2v) is 4.55. The van der Waals surface area contributed by atoms with E-state index >= 15 is 0 Å². The Kier molecular flexibility index (Phi) is 4.81. The summed E-state index contributed by atoms with van der Waals surface area (Å²) in [5.41, 5.74) is 0. The Hall–Kier alpha value is -1.35. The Morgan fingerprint density at radius 3 is 2.70 bits per heavy atom. The van der Waals surface area contributed by atoms with Crippen molar-refractivity contribution >= 4 is 0 Å². The Morgan fingerprint density at radius 1 is 1.25 bits per heavy atom. The van der Waals surface area contributed by atoms with Crippen molar-refractivity contribution in [3.05, 3.63) is 5.89 Å². The third-order valence-corrected chi connectivity index (χ3v) is 2.78. The maximum absolute atomic E-state index is 11.7. The second-order valence-electron chi connectivity index (χ2n) is 4.55. The van der Waals surface area contributed by atoms with E-state index in [-0.39, 0.29) is 24.7 Å². The van der Waals surface area contributed by atoms with Crippen LogP contribution < -0.4 is 4.74 Å². The fraction of sp³-hybridized carbons (Fsp3) is 0.818. The Morgan fingerprint density at radius 2 is 2.05 bits per heavy atom. The maximum Gasteiger partial charge on any atom is 0.522 e. The number of alkyl halides is 3. The SMILES string of the molecule is C[C@@H]1CC[C@@H](c2nnc(OCCOC(F)(F)F)o2)OC1. The van der Waals surface area contributed by atoms with Crippen LogP contribution in [0.4, 0.5) is 13.2 Å². The van der Waals surface area contributed by atoms with Gasteiger partial charge in [0.25, 0.3) is 0 Å². The molecule has 0 aromatic carbocycles. The summed E-state index contributed by atoms with van der Waals surface area (Å²) in [5, 5.41) is 7.35. The molecule has 0 aliphatic carbocycles. The van der Waals surface area contributed by atoms with E-state index in [0.717, 1.165) is 12.8 Å². The van der Waals surface area contributed by atoms with Gasteiger partial charge in [-0.15, -0.1) is 18.3 Å². The molecule has 114 valence electrons. The molecule has 0 spiro atoms. The van der Waals surface area contributed by atoms with Crippen molar-refractivity contribution in [2.24, 2.45) is 5.92 Å². The molecular formula is C11H15F3N2O4. The lowest BCUT2D eigenvalue weighted by Gasteiger charge is -2.24. The number of halogens is 3. The smallest absolute Gasteiger partial charge is 0.447 e. The van der Waals surface area contributed by atoms with E-state index in [4.69, 9.17) is 13.9 Å². The molecule has 6 nitrogen and oxygen atoms in total. The topological polar surface area (TPSA) is 66.6 Å². The molecule has 1 aromatic heterocycles. The van der Waals surface area contributed by atoms with E-state index in [1.165, 1.54) is 0 Å². The highest BCUT2D eigenvalue weighted by molar-refractivity contribution is 4.91. The van der Waals surface area contributed by atoms with Crippen LogP contribution in [0.1, 0.15) is 31.8 Å². The van der Waals surface area contributed by atoms with Gasteiger partial charge in [-0.25, -0.2) is 0 Å². The monoisotopic (exact) mass is 296 g/mol. The molecule has 0 radical (unpaired) electrons. The number of nitrogens with zero attached hydrogens (tertiary/aromatic N) is 2. The van der Waals surface area contributed by atoms with Crippen LogP contribution >= 0.6 is 0 Å². The van der Waals surface area contributed by atoms with Crippen molar-refractivity contribution in [2.75, 3.05) is 19.8 Å². The van der Waals surface area contributed by atoms with Crippen LogP contribution in [0.25, 0.3) is 0 Å². The lowest BCUT2D eigenvalue weighted by atomic mass is 10.0. The minimum atomic E-state index is -4.67. The van der Waals surface area contributed by atoms with Crippen molar-refractivity contribution < 1.29 is 31.8 Å². The fourth-order valence-electron chi connectivity index (χ4n) is 1.77. The molecule has 0 unspecified atom stereocenters. The summed E-state index contributed by atoms with van der Waals surface area (Å²) in [6, 6.07) is 0. The zero-order valence-corrected chi connectivity index (χ0v) is 10.9. The van der Waals surface area contributed by atoms with Crippen LogP contribution in [0.3, 0.4) is 0 Å². The number of hydrogen-bond acceptors (Lipinski definition) is 6. The van der Waals surface area contributed by atoms with Gasteiger partial charge >= 0.3 is 12.4 Å². The Balaban J connectivity index is 1.75. The van der Waals surface area contributed by atoms with E-state index in [0.29, 0.717) is 12.5 Å². The summed E-state index contributed by atoms with van der Waals surface area (Å²) in [7, 11) is 0. The van der Waals surface area contributed by atoms with Crippen LogP contribution in [0.5, 0.6) is 6.08 Å². The van der Waals surface area contributed by atoms with Gasteiger partial charge in [0.2, 0.25) is 5.89 Å². The van der Waals surface area contributed by atoms with Gasteiger partial charge in [-0.05, 0) is 18.8 Å². The average Bonchev–Trinajstić information content (AvgIpc) is 2.83. The lowest BCUT2D eigenvalue weighted by Crippen LogP contribution is -2.18. The summed E-state index contributed by atoms with van der Waals surface area (Å²) >= 11 is 0. The third kappa shape index (κ3) is 4.64. The van der Waals surface area contributed by atoms with Crippen LogP contribution in [0.2, 0.25) is 0 Å².